The first-order valence-electron chi connectivity index (χ1n) is 8.32. The number of aromatic nitrogens is 2. The first kappa shape index (κ1) is 15.1. The van der Waals surface area contributed by atoms with E-state index in [1.165, 1.54) is 0 Å². The Bertz CT molecular complexity index is 720. The maximum absolute atomic E-state index is 12.3. The predicted octanol–water partition coefficient (Wildman–Crippen LogP) is 1.71. The van der Waals surface area contributed by atoms with Gasteiger partial charge in [-0.15, -0.1) is 0 Å². The number of ether oxygens (including phenoxy) is 1. The van der Waals surface area contributed by atoms with E-state index >= 15 is 0 Å². The van der Waals surface area contributed by atoms with Crippen molar-refractivity contribution in [1.29, 1.82) is 0 Å². The Kier molecular flexibility index (Phi) is 4.17. The Morgan fingerprint density at radius 2 is 2.17 bits per heavy atom. The monoisotopic (exact) mass is 328 g/mol. The second-order valence-corrected chi connectivity index (χ2v) is 6.16. The number of pyridine rings is 1. The minimum Gasteiger partial charge on any atom is -0.378 e. The molecule has 0 bridgehead atoms. The highest BCUT2D eigenvalue weighted by Gasteiger charge is 2.29. The van der Waals surface area contributed by atoms with Gasteiger partial charge in [0.15, 0.2) is 5.69 Å². The van der Waals surface area contributed by atoms with E-state index in [1.807, 2.05) is 12.1 Å². The zero-order valence-corrected chi connectivity index (χ0v) is 13.4. The summed E-state index contributed by atoms with van der Waals surface area (Å²) in [4.78, 5) is 18.9. The molecule has 1 aliphatic heterocycles. The molecule has 126 valence electrons. The van der Waals surface area contributed by atoms with E-state index < -0.39 is 0 Å². The minimum absolute atomic E-state index is 0.220. The lowest BCUT2D eigenvalue weighted by molar-refractivity contribution is 0.0941. The van der Waals surface area contributed by atoms with Gasteiger partial charge in [0.25, 0.3) is 5.91 Å². The van der Waals surface area contributed by atoms with Gasteiger partial charge < -0.3 is 19.5 Å². The summed E-state index contributed by atoms with van der Waals surface area (Å²) in [7, 11) is 0. The van der Waals surface area contributed by atoms with E-state index in [1.54, 1.807) is 12.3 Å². The molecule has 2 fully saturated rings. The minimum atomic E-state index is -0.220. The Labute approximate surface area is 140 Å². The topological polar surface area (TPSA) is 80.5 Å². The Hall–Kier alpha value is -2.41. The highest BCUT2D eigenvalue weighted by atomic mass is 16.5. The number of morpholine rings is 1. The lowest BCUT2D eigenvalue weighted by Gasteiger charge is -2.29. The molecule has 1 saturated heterocycles. The van der Waals surface area contributed by atoms with Crippen LogP contribution in [0, 0.1) is 0 Å². The molecule has 2 aromatic rings. The van der Waals surface area contributed by atoms with Crippen molar-refractivity contribution >= 4 is 11.7 Å². The van der Waals surface area contributed by atoms with Crippen LogP contribution >= 0.6 is 0 Å². The normalized spacial score (nSPS) is 17.8. The number of nitrogens with one attached hydrogen (secondary N) is 1. The van der Waals surface area contributed by atoms with Crippen molar-refractivity contribution in [1.82, 2.24) is 15.5 Å². The van der Waals surface area contributed by atoms with Crippen molar-refractivity contribution in [3.05, 3.63) is 41.4 Å². The molecule has 0 aromatic carbocycles. The van der Waals surface area contributed by atoms with Gasteiger partial charge in [-0.05, 0) is 18.9 Å². The molecular formula is C17H20N4O3. The quantitative estimate of drug-likeness (QED) is 0.900. The second-order valence-electron chi connectivity index (χ2n) is 6.16. The molecule has 1 amide bonds. The molecular weight excluding hydrogens is 308 g/mol. The molecule has 1 saturated carbocycles. The zero-order valence-electron chi connectivity index (χ0n) is 13.4. The maximum Gasteiger partial charge on any atom is 0.273 e. The largest absolute Gasteiger partial charge is 0.378 e. The van der Waals surface area contributed by atoms with Crippen LogP contribution < -0.4 is 10.2 Å². The van der Waals surface area contributed by atoms with E-state index in [0.29, 0.717) is 31.4 Å². The van der Waals surface area contributed by atoms with Gasteiger partial charge in [-0.25, -0.2) is 4.98 Å². The highest BCUT2D eigenvalue weighted by Crippen LogP contribution is 2.40. The van der Waals surface area contributed by atoms with Gasteiger partial charge in [0.1, 0.15) is 11.6 Å². The van der Waals surface area contributed by atoms with Crippen LogP contribution in [0.2, 0.25) is 0 Å². The van der Waals surface area contributed by atoms with Gasteiger partial charge in [0.05, 0.1) is 13.2 Å². The first-order chi connectivity index (χ1) is 11.8. The molecule has 4 rings (SSSR count). The highest BCUT2D eigenvalue weighted by molar-refractivity contribution is 5.92. The van der Waals surface area contributed by atoms with E-state index in [2.05, 4.69) is 20.4 Å². The van der Waals surface area contributed by atoms with Gasteiger partial charge in [-0.3, -0.25) is 4.79 Å². The molecule has 1 N–H and O–H groups in total. The summed E-state index contributed by atoms with van der Waals surface area (Å²) in [6, 6.07) is 5.61. The van der Waals surface area contributed by atoms with Gasteiger partial charge in [0.2, 0.25) is 0 Å². The number of amides is 1. The smallest absolute Gasteiger partial charge is 0.273 e. The SMILES string of the molecule is O=C(NCc1cccnc1N1CCOCC1)c1cc(C2CC2)on1. The molecule has 0 unspecified atom stereocenters. The molecule has 0 atom stereocenters. The van der Waals surface area contributed by atoms with Crippen LogP contribution in [0.25, 0.3) is 0 Å². The van der Waals surface area contributed by atoms with Crippen LogP contribution in [0.3, 0.4) is 0 Å². The summed E-state index contributed by atoms with van der Waals surface area (Å²) >= 11 is 0. The van der Waals surface area contributed by atoms with E-state index in [0.717, 1.165) is 43.1 Å². The Morgan fingerprint density at radius 3 is 2.96 bits per heavy atom. The fraction of sp³-hybridized carbons (Fsp3) is 0.471. The summed E-state index contributed by atoms with van der Waals surface area (Å²) in [5.41, 5.74) is 1.33. The summed E-state index contributed by atoms with van der Waals surface area (Å²) in [6.07, 6.45) is 4.01. The van der Waals surface area contributed by atoms with Crippen LogP contribution in [-0.4, -0.2) is 42.4 Å². The third-order valence-corrected chi connectivity index (χ3v) is 4.36. The molecule has 2 aliphatic rings. The third-order valence-electron chi connectivity index (χ3n) is 4.36. The Balaban J connectivity index is 1.42. The van der Waals surface area contributed by atoms with Gasteiger partial charge in [-0.1, -0.05) is 11.2 Å². The molecule has 0 radical (unpaired) electrons. The average Bonchev–Trinajstić information content (AvgIpc) is 3.37. The number of hydrogen-bond acceptors (Lipinski definition) is 6. The van der Waals surface area contributed by atoms with Crippen molar-refractivity contribution < 1.29 is 14.1 Å². The van der Waals surface area contributed by atoms with Crippen molar-refractivity contribution in [2.75, 3.05) is 31.2 Å². The molecule has 0 spiro atoms. The van der Waals surface area contributed by atoms with Crippen LogP contribution in [0.5, 0.6) is 0 Å². The molecule has 24 heavy (non-hydrogen) atoms. The number of hydrogen-bond donors (Lipinski definition) is 1. The third kappa shape index (κ3) is 3.26. The maximum atomic E-state index is 12.3. The second kappa shape index (κ2) is 6.60. The molecule has 3 heterocycles. The van der Waals surface area contributed by atoms with Crippen molar-refractivity contribution in [3.63, 3.8) is 0 Å². The van der Waals surface area contributed by atoms with Crippen molar-refractivity contribution in [3.8, 4) is 0 Å². The fourth-order valence-corrected chi connectivity index (χ4v) is 2.85. The molecule has 1 aliphatic carbocycles. The van der Waals surface area contributed by atoms with E-state index in [9.17, 15) is 4.79 Å². The summed E-state index contributed by atoms with van der Waals surface area (Å²) in [5.74, 6) is 1.95. The number of carbonyl (C=O) groups is 1. The van der Waals surface area contributed by atoms with Crippen LogP contribution in [0.1, 0.15) is 40.6 Å². The summed E-state index contributed by atoms with van der Waals surface area (Å²) in [6.45, 7) is 3.43. The number of nitrogens with zero attached hydrogens (tertiary/aromatic N) is 3. The molecule has 2 aromatic heterocycles. The van der Waals surface area contributed by atoms with Crippen LogP contribution in [0.4, 0.5) is 5.82 Å². The lowest BCUT2D eigenvalue weighted by atomic mass is 10.2. The van der Waals surface area contributed by atoms with Gasteiger partial charge in [-0.2, -0.15) is 0 Å². The standard InChI is InChI=1S/C17H20N4O3/c22-17(14-10-15(24-20-14)12-3-4-12)19-11-13-2-1-5-18-16(13)21-6-8-23-9-7-21/h1-2,5,10,12H,3-4,6-9,11H2,(H,19,22). The first-order valence-corrected chi connectivity index (χ1v) is 8.32. The van der Waals surface area contributed by atoms with E-state index in [4.69, 9.17) is 9.26 Å². The van der Waals surface area contributed by atoms with Crippen LogP contribution in [0.15, 0.2) is 28.9 Å². The lowest BCUT2D eigenvalue weighted by Crippen LogP contribution is -2.37. The van der Waals surface area contributed by atoms with Gasteiger partial charge in [0, 0.05) is 43.4 Å². The number of carbonyl (C=O) groups excluding carboxylic acids is 1. The number of anilines is 1. The predicted molar refractivity (Wildman–Crippen MR) is 86.9 cm³/mol. The zero-order chi connectivity index (χ0) is 16.4. The van der Waals surface area contributed by atoms with Crippen molar-refractivity contribution in [2.24, 2.45) is 0 Å². The average molecular weight is 328 g/mol. The summed E-state index contributed by atoms with van der Waals surface area (Å²) < 4.78 is 10.6. The fourth-order valence-electron chi connectivity index (χ4n) is 2.85. The summed E-state index contributed by atoms with van der Waals surface area (Å²) in [5, 5.41) is 6.78. The van der Waals surface area contributed by atoms with Crippen molar-refractivity contribution in [2.45, 2.75) is 25.3 Å². The van der Waals surface area contributed by atoms with Crippen LogP contribution in [-0.2, 0) is 11.3 Å². The van der Waals surface area contributed by atoms with E-state index in [-0.39, 0.29) is 5.91 Å². The molecule has 7 nitrogen and oxygen atoms in total. The number of rotatable bonds is 5. The Morgan fingerprint density at radius 1 is 1.33 bits per heavy atom. The van der Waals surface area contributed by atoms with Gasteiger partial charge >= 0.3 is 0 Å². The molecule has 7 heteroatoms.